The Bertz CT molecular complexity index is 451. The standard InChI is InChI=1S/C14H24N4OS/c1-9(2)12-7-11(8-13(17-12)18-15)14(19)16-6-5-10(3)20-4/h7-10H,5-6,15H2,1-4H3,(H,16,19)(H,17,18). The number of thioether (sulfide) groups is 1. The zero-order chi connectivity index (χ0) is 15.1. The second-order valence-electron chi connectivity index (χ2n) is 5.06. The summed E-state index contributed by atoms with van der Waals surface area (Å²) < 4.78 is 0. The summed E-state index contributed by atoms with van der Waals surface area (Å²) in [6, 6.07) is 3.48. The van der Waals surface area contributed by atoms with Gasteiger partial charge in [-0.05, 0) is 30.7 Å². The van der Waals surface area contributed by atoms with E-state index in [1.54, 1.807) is 17.8 Å². The van der Waals surface area contributed by atoms with Gasteiger partial charge in [0.15, 0.2) is 0 Å². The van der Waals surface area contributed by atoms with Crippen molar-refractivity contribution in [3.63, 3.8) is 0 Å². The molecule has 0 aliphatic heterocycles. The van der Waals surface area contributed by atoms with Gasteiger partial charge in [0.1, 0.15) is 5.82 Å². The van der Waals surface area contributed by atoms with Crippen molar-refractivity contribution in [3.05, 3.63) is 23.4 Å². The van der Waals surface area contributed by atoms with Crippen LogP contribution in [0.3, 0.4) is 0 Å². The lowest BCUT2D eigenvalue weighted by Crippen LogP contribution is -2.26. The van der Waals surface area contributed by atoms with E-state index < -0.39 is 0 Å². The van der Waals surface area contributed by atoms with Crippen molar-refractivity contribution in [2.75, 3.05) is 18.2 Å². The van der Waals surface area contributed by atoms with Gasteiger partial charge in [0.25, 0.3) is 5.91 Å². The van der Waals surface area contributed by atoms with E-state index in [4.69, 9.17) is 5.84 Å². The molecule has 0 radical (unpaired) electrons. The summed E-state index contributed by atoms with van der Waals surface area (Å²) in [4.78, 5) is 16.5. The van der Waals surface area contributed by atoms with Crippen LogP contribution in [0.25, 0.3) is 0 Å². The van der Waals surface area contributed by atoms with Gasteiger partial charge in [-0.2, -0.15) is 11.8 Å². The number of nitrogens with zero attached hydrogens (tertiary/aromatic N) is 1. The van der Waals surface area contributed by atoms with Crippen LogP contribution in [-0.2, 0) is 0 Å². The Hall–Kier alpha value is -1.27. The molecule has 112 valence electrons. The number of hydrogen-bond donors (Lipinski definition) is 3. The summed E-state index contributed by atoms with van der Waals surface area (Å²) in [5.74, 6) is 6.07. The molecule has 0 bridgehead atoms. The molecule has 1 aromatic rings. The highest BCUT2D eigenvalue weighted by atomic mass is 32.2. The zero-order valence-electron chi connectivity index (χ0n) is 12.6. The molecule has 1 atom stereocenters. The summed E-state index contributed by atoms with van der Waals surface area (Å²) in [7, 11) is 0. The summed E-state index contributed by atoms with van der Waals surface area (Å²) in [6.45, 7) is 6.89. The van der Waals surface area contributed by atoms with Crippen molar-refractivity contribution >= 4 is 23.5 Å². The number of rotatable bonds is 7. The van der Waals surface area contributed by atoms with E-state index in [0.717, 1.165) is 12.1 Å². The largest absolute Gasteiger partial charge is 0.352 e. The fourth-order valence-corrected chi connectivity index (χ4v) is 2.02. The Morgan fingerprint density at radius 3 is 2.65 bits per heavy atom. The molecular formula is C14H24N4OS. The van der Waals surface area contributed by atoms with Crippen molar-refractivity contribution < 1.29 is 4.79 Å². The Labute approximate surface area is 125 Å². The predicted octanol–water partition coefficient (Wildman–Crippen LogP) is 2.36. The van der Waals surface area contributed by atoms with E-state index >= 15 is 0 Å². The molecule has 20 heavy (non-hydrogen) atoms. The molecule has 0 aliphatic rings. The third-order valence-electron chi connectivity index (χ3n) is 3.09. The first-order chi connectivity index (χ1) is 9.47. The minimum atomic E-state index is -0.0842. The smallest absolute Gasteiger partial charge is 0.251 e. The number of hydrogen-bond acceptors (Lipinski definition) is 5. The van der Waals surface area contributed by atoms with Crippen LogP contribution in [-0.4, -0.2) is 28.9 Å². The molecule has 0 spiro atoms. The minimum Gasteiger partial charge on any atom is -0.352 e. The van der Waals surface area contributed by atoms with Crippen molar-refractivity contribution in [2.45, 2.75) is 38.4 Å². The molecule has 1 unspecified atom stereocenters. The molecule has 4 N–H and O–H groups in total. The number of carbonyl (C=O) groups excluding carboxylic acids is 1. The van der Waals surface area contributed by atoms with Gasteiger partial charge in [-0.25, -0.2) is 10.8 Å². The van der Waals surface area contributed by atoms with Crippen molar-refractivity contribution in [3.8, 4) is 0 Å². The van der Waals surface area contributed by atoms with Gasteiger partial charge in [0.05, 0.1) is 0 Å². The Morgan fingerprint density at radius 2 is 2.10 bits per heavy atom. The minimum absolute atomic E-state index is 0.0842. The number of aromatic nitrogens is 1. The maximum Gasteiger partial charge on any atom is 0.251 e. The normalized spacial score (nSPS) is 12.3. The number of hydrazine groups is 1. The average Bonchev–Trinajstić information content (AvgIpc) is 2.46. The molecule has 1 amide bonds. The lowest BCUT2D eigenvalue weighted by molar-refractivity contribution is 0.0953. The maximum atomic E-state index is 12.1. The van der Waals surface area contributed by atoms with Crippen LogP contribution in [0.1, 0.15) is 49.2 Å². The number of nitrogen functional groups attached to an aromatic ring is 1. The molecule has 0 saturated carbocycles. The molecule has 1 rings (SSSR count). The van der Waals surface area contributed by atoms with Crippen molar-refractivity contribution in [1.82, 2.24) is 10.3 Å². The van der Waals surface area contributed by atoms with E-state index in [-0.39, 0.29) is 11.8 Å². The van der Waals surface area contributed by atoms with Gasteiger partial charge >= 0.3 is 0 Å². The molecule has 0 aromatic carbocycles. The van der Waals surface area contributed by atoms with Crippen LogP contribution in [0.5, 0.6) is 0 Å². The van der Waals surface area contributed by atoms with Crippen LogP contribution in [0.15, 0.2) is 12.1 Å². The van der Waals surface area contributed by atoms with Crippen LogP contribution >= 0.6 is 11.8 Å². The van der Waals surface area contributed by atoms with Crippen LogP contribution in [0.2, 0.25) is 0 Å². The highest BCUT2D eigenvalue weighted by Gasteiger charge is 2.11. The fraction of sp³-hybridized carbons (Fsp3) is 0.571. The van der Waals surface area contributed by atoms with E-state index in [9.17, 15) is 4.79 Å². The topological polar surface area (TPSA) is 80.0 Å². The maximum absolute atomic E-state index is 12.1. The first-order valence-electron chi connectivity index (χ1n) is 6.77. The SMILES string of the molecule is CSC(C)CCNC(=O)c1cc(NN)nc(C(C)C)c1. The van der Waals surface area contributed by atoms with Gasteiger partial charge in [-0.1, -0.05) is 20.8 Å². The second kappa shape index (κ2) is 8.11. The lowest BCUT2D eigenvalue weighted by atomic mass is 10.1. The Balaban J connectivity index is 2.74. The third-order valence-corrected chi connectivity index (χ3v) is 4.13. The zero-order valence-corrected chi connectivity index (χ0v) is 13.4. The lowest BCUT2D eigenvalue weighted by Gasteiger charge is -2.12. The molecule has 6 heteroatoms. The van der Waals surface area contributed by atoms with E-state index in [2.05, 4.69) is 28.9 Å². The summed E-state index contributed by atoms with van der Waals surface area (Å²) in [6.07, 6.45) is 3.03. The van der Waals surface area contributed by atoms with Gasteiger partial charge in [0, 0.05) is 23.1 Å². The van der Waals surface area contributed by atoms with Crippen molar-refractivity contribution in [2.24, 2.45) is 5.84 Å². The quantitative estimate of drug-likeness (QED) is 0.532. The number of carbonyl (C=O) groups is 1. The first kappa shape index (κ1) is 16.8. The predicted molar refractivity (Wildman–Crippen MR) is 86.1 cm³/mol. The monoisotopic (exact) mass is 296 g/mol. The van der Waals surface area contributed by atoms with Crippen LogP contribution in [0.4, 0.5) is 5.82 Å². The molecule has 0 aliphatic carbocycles. The van der Waals surface area contributed by atoms with E-state index in [1.807, 2.05) is 19.9 Å². The molecular weight excluding hydrogens is 272 g/mol. The summed E-state index contributed by atoms with van der Waals surface area (Å²) >= 11 is 1.80. The van der Waals surface area contributed by atoms with Gasteiger partial charge in [-0.15, -0.1) is 0 Å². The average molecular weight is 296 g/mol. The number of amides is 1. The van der Waals surface area contributed by atoms with Gasteiger partial charge < -0.3 is 10.7 Å². The van der Waals surface area contributed by atoms with E-state index in [0.29, 0.717) is 23.2 Å². The Kier molecular flexibility index (Phi) is 6.81. The number of anilines is 1. The van der Waals surface area contributed by atoms with Gasteiger partial charge in [0.2, 0.25) is 0 Å². The van der Waals surface area contributed by atoms with Crippen LogP contribution < -0.4 is 16.6 Å². The number of nitrogens with two attached hydrogens (primary N) is 1. The van der Waals surface area contributed by atoms with Gasteiger partial charge in [-0.3, -0.25) is 4.79 Å². The highest BCUT2D eigenvalue weighted by Crippen LogP contribution is 2.17. The van der Waals surface area contributed by atoms with E-state index in [1.165, 1.54) is 0 Å². The second-order valence-corrected chi connectivity index (χ2v) is 6.33. The summed E-state index contributed by atoms with van der Waals surface area (Å²) in [5, 5.41) is 3.47. The first-order valence-corrected chi connectivity index (χ1v) is 8.06. The molecule has 0 saturated heterocycles. The molecule has 1 aromatic heterocycles. The fourth-order valence-electron chi connectivity index (χ4n) is 1.66. The van der Waals surface area contributed by atoms with Crippen LogP contribution in [0, 0.1) is 0 Å². The van der Waals surface area contributed by atoms with Crippen molar-refractivity contribution in [1.29, 1.82) is 0 Å². The third kappa shape index (κ3) is 5.02. The summed E-state index contributed by atoms with van der Waals surface area (Å²) in [5.41, 5.74) is 3.95. The Morgan fingerprint density at radius 1 is 1.40 bits per heavy atom. The number of nitrogens with one attached hydrogen (secondary N) is 2. The highest BCUT2D eigenvalue weighted by molar-refractivity contribution is 7.99. The molecule has 0 fully saturated rings. The number of pyridine rings is 1. The molecule has 1 heterocycles. The molecule has 5 nitrogen and oxygen atoms in total.